The number of imidazole rings is 1. The summed E-state index contributed by atoms with van der Waals surface area (Å²) >= 11 is 6.08. The first-order valence-electron chi connectivity index (χ1n) is 9.52. The number of benzene rings is 1. The number of fused-ring (bicyclic) bond motifs is 1. The first-order valence-corrected chi connectivity index (χ1v) is 9.90. The fraction of sp³-hybridized carbons (Fsp3) is 0.381. The lowest BCUT2D eigenvalue weighted by molar-refractivity contribution is -0.120. The van der Waals surface area contributed by atoms with Crippen LogP contribution in [0.5, 0.6) is 0 Å². The molecule has 1 amide bonds. The summed E-state index contributed by atoms with van der Waals surface area (Å²) in [7, 11) is 0. The Kier molecular flexibility index (Phi) is 4.83. The molecule has 6 nitrogen and oxygen atoms in total. The molecule has 0 bridgehead atoms. The molecule has 1 aliphatic carbocycles. The van der Waals surface area contributed by atoms with Crippen molar-refractivity contribution in [2.45, 2.75) is 50.7 Å². The predicted molar refractivity (Wildman–Crippen MR) is 109 cm³/mol. The molecule has 1 saturated carbocycles. The molecule has 0 unspecified atom stereocenters. The van der Waals surface area contributed by atoms with E-state index in [0.717, 1.165) is 19.3 Å². The second-order valence-corrected chi connectivity index (χ2v) is 8.49. The van der Waals surface area contributed by atoms with Crippen molar-refractivity contribution < 1.29 is 14.3 Å². The number of nitrogens with zero attached hydrogens (tertiary/aromatic N) is 3. The highest BCUT2D eigenvalue weighted by atomic mass is 35.5. The van der Waals surface area contributed by atoms with Crippen molar-refractivity contribution in [2.75, 3.05) is 5.32 Å². The lowest BCUT2D eigenvalue weighted by Gasteiger charge is -2.40. The Morgan fingerprint density at radius 2 is 1.97 bits per heavy atom. The van der Waals surface area contributed by atoms with Gasteiger partial charge in [0.05, 0.1) is 12.0 Å². The Balaban J connectivity index is 1.63. The molecule has 1 atom stereocenters. The summed E-state index contributed by atoms with van der Waals surface area (Å²) in [5, 5.41) is 13.9. The number of anilines is 1. The molecule has 8 heteroatoms. The molecule has 2 aromatic heterocycles. The minimum atomic E-state index is -1.45. The van der Waals surface area contributed by atoms with Gasteiger partial charge < -0.3 is 5.11 Å². The molecule has 2 N–H and O–H groups in total. The normalized spacial score (nSPS) is 17.6. The Bertz CT molecular complexity index is 1070. The van der Waals surface area contributed by atoms with E-state index in [0.29, 0.717) is 27.8 Å². The van der Waals surface area contributed by atoms with Crippen molar-refractivity contribution in [2.24, 2.45) is 0 Å². The summed E-state index contributed by atoms with van der Waals surface area (Å²) < 4.78 is 15.1. The number of pyridine rings is 1. The monoisotopic (exact) mass is 416 g/mol. The minimum Gasteiger partial charge on any atom is -0.385 e. The summed E-state index contributed by atoms with van der Waals surface area (Å²) in [4.78, 5) is 21.7. The van der Waals surface area contributed by atoms with Gasteiger partial charge in [0.2, 0.25) is 11.9 Å². The van der Waals surface area contributed by atoms with E-state index < -0.39 is 17.3 Å². The Morgan fingerprint density at radius 3 is 2.59 bits per heavy atom. The van der Waals surface area contributed by atoms with E-state index in [1.165, 1.54) is 31.2 Å². The maximum absolute atomic E-state index is 13.2. The van der Waals surface area contributed by atoms with Crippen LogP contribution in [0.15, 0.2) is 36.4 Å². The summed E-state index contributed by atoms with van der Waals surface area (Å²) in [5.74, 6) is -0.413. The van der Waals surface area contributed by atoms with E-state index in [2.05, 4.69) is 22.2 Å². The number of halogens is 2. The van der Waals surface area contributed by atoms with E-state index in [4.69, 9.17) is 11.6 Å². The summed E-state index contributed by atoms with van der Waals surface area (Å²) in [5.41, 5.74) is 0.0795. The average molecular weight is 417 g/mol. The van der Waals surface area contributed by atoms with Crippen molar-refractivity contribution in [3.8, 4) is 0 Å². The first kappa shape index (κ1) is 19.8. The molecule has 3 aromatic rings. The van der Waals surface area contributed by atoms with Gasteiger partial charge in [-0.05, 0) is 62.9 Å². The minimum absolute atomic E-state index is 0.200. The molecule has 0 spiro atoms. The van der Waals surface area contributed by atoms with Crippen LogP contribution in [0.3, 0.4) is 0 Å². The molecule has 0 radical (unpaired) electrons. The van der Waals surface area contributed by atoms with Gasteiger partial charge in [0.25, 0.3) is 0 Å². The standard InChI is InChI=1S/C21H22ClFN4O2/c1-20(10-3-11-20)27-18-15(8-9-16(22)25-18)24-19(27)26-17(28)12-21(2,29)13-4-6-14(23)7-5-13/h4-9,29H,3,10-12H2,1-2H3,(H,24,26,28)/t21-/m0/s1. The molecule has 29 heavy (non-hydrogen) atoms. The van der Waals surface area contributed by atoms with Crippen LogP contribution in [0.4, 0.5) is 10.3 Å². The zero-order valence-corrected chi connectivity index (χ0v) is 17.0. The van der Waals surface area contributed by atoms with Gasteiger partial charge in [-0.25, -0.2) is 14.4 Å². The highest BCUT2D eigenvalue weighted by Crippen LogP contribution is 2.42. The number of carbonyl (C=O) groups excluding carboxylic acids is 1. The smallest absolute Gasteiger partial charge is 0.229 e. The van der Waals surface area contributed by atoms with Crippen LogP contribution in [0.1, 0.15) is 45.1 Å². The maximum Gasteiger partial charge on any atom is 0.229 e. The molecule has 2 heterocycles. The third kappa shape index (κ3) is 3.72. The van der Waals surface area contributed by atoms with Crippen LogP contribution in [0.25, 0.3) is 11.2 Å². The van der Waals surface area contributed by atoms with Crippen molar-refractivity contribution >= 4 is 34.6 Å². The van der Waals surface area contributed by atoms with E-state index in [-0.39, 0.29) is 12.0 Å². The van der Waals surface area contributed by atoms with Gasteiger partial charge in [0.1, 0.15) is 16.5 Å². The summed E-state index contributed by atoms with van der Waals surface area (Å²) in [6.07, 6.45) is 2.78. The third-order valence-electron chi connectivity index (χ3n) is 5.66. The lowest BCUT2D eigenvalue weighted by Crippen LogP contribution is -2.39. The van der Waals surface area contributed by atoms with E-state index in [9.17, 15) is 14.3 Å². The van der Waals surface area contributed by atoms with Gasteiger partial charge in [-0.1, -0.05) is 23.7 Å². The van der Waals surface area contributed by atoms with Crippen LogP contribution in [-0.2, 0) is 15.9 Å². The van der Waals surface area contributed by atoms with Crippen LogP contribution >= 0.6 is 11.6 Å². The first-order chi connectivity index (χ1) is 13.7. The van der Waals surface area contributed by atoms with Crippen molar-refractivity contribution in [1.82, 2.24) is 14.5 Å². The average Bonchev–Trinajstić information content (AvgIpc) is 2.96. The number of nitrogens with one attached hydrogen (secondary N) is 1. The maximum atomic E-state index is 13.2. The molecular formula is C21H22ClFN4O2. The second-order valence-electron chi connectivity index (χ2n) is 8.10. The largest absolute Gasteiger partial charge is 0.385 e. The van der Waals surface area contributed by atoms with Gasteiger partial charge in [-0.3, -0.25) is 14.7 Å². The van der Waals surface area contributed by atoms with Crippen LogP contribution in [0.2, 0.25) is 5.15 Å². The van der Waals surface area contributed by atoms with Crippen molar-refractivity contribution in [1.29, 1.82) is 0 Å². The van der Waals surface area contributed by atoms with E-state index in [1.54, 1.807) is 12.1 Å². The van der Waals surface area contributed by atoms with Gasteiger partial charge in [-0.2, -0.15) is 0 Å². The fourth-order valence-corrected chi connectivity index (χ4v) is 3.98. The summed E-state index contributed by atoms with van der Waals surface area (Å²) in [6.45, 7) is 3.63. The topological polar surface area (TPSA) is 80.0 Å². The molecule has 0 saturated heterocycles. The molecule has 152 valence electrons. The van der Waals surface area contributed by atoms with E-state index >= 15 is 0 Å². The quantitative estimate of drug-likeness (QED) is 0.605. The lowest BCUT2D eigenvalue weighted by atomic mass is 9.78. The van der Waals surface area contributed by atoms with Crippen LogP contribution in [-0.4, -0.2) is 25.5 Å². The molecular weight excluding hydrogens is 395 g/mol. The zero-order chi connectivity index (χ0) is 20.8. The second kappa shape index (κ2) is 7.07. The number of aliphatic hydroxyl groups is 1. The third-order valence-corrected chi connectivity index (χ3v) is 5.87. The zero-order valence-electron chi connectivity index (χ0n) is 16.2. The number of rotatable bonds is 5. The number of carbonyl (C=O) groups is 1. The number of aromatic nitrogens is 3. The molecule has 1 aliphatic rings. The highest BCUT2D eigenvalue weighted by Gasteiger charge is 2.38. The molecule has 4 rings (SSSR count). The Hall–Kier alpha value is -2.51. The highest BCUT2D eigenvalue weighted by molar-refractivity contribution is 6.29. The Labute approximate surface area is 172 Å². The van der Waals surface area contributed by atoms with Gasteiger partial charge in [-0.15, -0.1) is 0 Å². The van der Waals surface area contributed by atoms with Crippen molar-refractivity contribution in [3.05, 3.63) is 52.9 Å². The van der Waals surface area contributed by atoms with Crippen molar-refractivity contribution in [3.63, 3.8) is 0 Å². The number of hydrogen-bond acceptors (Lipinski definition) is 4. The summed E-state index contributed by atoms with van der Waals surface area (Å²) in [6, 6.07) is 8.89. The number of hydrogen-bond donors (Lipinski definition) is 2. The Morgan fingerprint density at radius 1 is 1.28 bits per heavy atom. The SMILES string of the molecule is CC1(n2c(NC(=O)C[C@](C)(O)c3ccc(F)cc3)nc3ccc(Cl)nc32)CCC1. The molecule has 1 aromatic carbocycles. The van der Waals surface area contributed by atoms with E-state index in [1.807, 2.05) is 4.57 Å². The predicted octanol–water partition coefficient (Wildman–Crippen LogP) is 4.36. The molecule has 1 fully saturated rings. The molecule has 0 aliphatic heterocycles. The fourth-order valence-electron chi connectivity index (χ4n) is 3.83. The van der Waals surface area contributed by atoms with Gasteiger partial charge in [0.15, 0.2) is 5.65 Å². The van der Waals surface area contributed by atoms with Crippen LogP contribution in [0, 0.1) is 5.82 Å². The van der Waals surface area contributed by atoms with Gasteiger partial charge in [0, 0.05) is 5.54 Å². The van der Waals surface area contributed by atoms with Gasteiger partial charge >= 0.3 is 0 Å². The van der Waals surface area contributed by atoms with Crippen LogP contribution < -0.4 is 5.32 Å². The number of amides is 1.